The fourth-order valence-electron chi connectivity index (χ4n) is 1.12. The summed E-state index contributed by atoms with van der Waals surface area (Å²) in [6.07, 6.45) is 0. The molecule has 0 radical (unpaired) electrons. The molecule has 0 aliphatic carbocycles. The van der Waals surface area contributed by atoms with Crippen LogP contribution < -0.4 is 11.5 Å². The van der Waals surface area contributed by atoms with Crippen LogP contribution in [0.15, 0.2) is 34.5 Å². The second-order valence-corrected chi connectivity index (χ2v) is 3.05. The zero-order chi connectivity index (χ0) is 11.5. The highest BCUT2D eigenvalue weighted by Gasteiger charge is 2.06. The van der Waals surface area contributed by atoms with Gasteiger partial charge >= 0.3 is 0 Å². The van der Waals surface area contributed by atoms with E-state index >= 15 is 0 Å². The Morgan fingerprint density at radius 2 is 2.06 bits per heavy atom. The topological polar surface area (TPSA) is 105 Å². The highest BCUT2D eigenvalue weighted by Crippen LogP contribution is 2.28. The first kappa shape index (κ1) is 10.1. The van der Waals surface area contributed by atoms with Gasteiger partial charge in [-0.05, 0) is 12.1 Å². The molecule has 7 heteroatoms. The zero-order valence-electron chi connectivity index (χ0n) is 8.18. The van der Waals surface area contributed by atoms with E-state index < -0.39 is 0 Å². The Morgan fingerprint density at radius 1 is 1.25 bits per heavy atom. The Morgan fingerprint density at radius 3 is 2.69 bits per heavy atom. The molecule has 0 spiro atoms. The maximum absolute atomic E-state index is 12.8. The minimum atomic E-state index is -0.385. The molecule has 1 aromatic heterocycles. The van der Waals surface area contributed by atoms with Crippen LogP contribution in [0.4, 0.5) is 27.4 Å². The van der Waals surface area contributed by atoms with Crippen LogP contribution in [-0.4, -0.2) is 10.2 Å². The molecule has 0 bridgehead atoms. The second kappa shape index (κ2) is 3.97. The molecule has 82 valence electrons. The monoisotopic (exact) mass is 220 g/mol. The number of H-pyrrole nitrogens is 1. The number of nitrogens with one attached hydrogen (secondary N) is 1. The van der Waals surface area contributed by atoms with Crippen LogP contribution in [0.3, 0.4) is 0 Å². The van der Waals surface area contributed by atoms with Gasteiger partial charge in [0.15, 0.2) is 11.5 Å². The summed E-state index contributed by atoms with van der Waals surface area (Å²) in [5.74, 6) is -0.0140. The molecule has 1 aromatic carbocycles. The summed E-state index contributed by atoms with van der Waals surface area (Å²) in [6, 6.07) is 5.71. The average molecular weight is 220 g/mol. The van der Waals surface area contributed by atoms with Crippen molar-refractivity contribution in [3.8, 4) is 0 Å². The van der Waals surface area contributed by atoms with Gasteiger partial charge in [0.2, 0.25) is 0 Å². The summed E-state index contributed by atoms with van der Waals surface area (Å²) in [5, 5.41) is 13.7. The van der Waals surface area contributed by atoms with Crippen molar-refractivity contribution in [2.75, 3.05) is 11.5 Å². The predicted molar refractivity (Wildman–Crippen MR) is 58.0 cm³/mol. The lowest BCUT2D eigenvalue weighted by atomic mass is 10.3. The number of benzene rings is 1. The lowest BCUT2D eigenvalue weighted by Gasteiger charge is -1.92. The third-order valence-electron chi connectivity index (χ3n) is 1.87. The third-order valence-corrected chi connectivity index (χ3v) is 1.87. The molecule has 0 saturated carbocycles. The van der Waals surface area contributed by atoms with E-state index in [0.717, 1.165) is 0 Å². The van der Waals surface area contributed by atoms with Gasteiger partial charge in [-0.25, -0.2) is 4.39 Å². The molecular weight excluding hydrogens is 211 g/mol. The normalized spacial score (nSPS) is 11.1. The van der Waals surface area contributed by atoms with Crippen molar-refractivity contribution in [1.29, 1.82) is 0 Å². The first-order valence-electron chi connectivity index (χ1n) is 4.43. The summed E-state index contributed by atoms with van der Waals surface area (Å²) in [5.41, 5.74) is 11.6. The number of nitrogens with zero attached hydrogens (tertiary/aromatic N) is 3. The van der Waals surface area contributed by atoms with E-state index in [-0.39, 0.29) is 23.1 Å². The number of nitrogens with two attached hydrogens (primary N) is 2. The van der Waals surface area contributed by atoms with Crippen molar-refractivity contribution in [2.45, 2.75) is 0 Å². The fourth-order valence-corrected chi connectivity index (χ4v) is 1.12. The van der Waals surface area contributed by atoms with Crippen molar-refractivity contribution in [3.05, 3.63) is 30.1 Å². The molecule has 6 nitrogen and oxygen atoms in total. The van der Waals surface area contributed by atoms with Gasteiger partial charge < -0.3 is 11.5 Å². The number of rotatable bonds is 2. The van der Waals surface area contributed by atoms with E-state index in [9.17, 15) is 4.39 Å². The largest absolute Gasteiger partial charge is 0.382 e. The number of hydrogen-bond acceptors (Lipinski definition) is 5. The first-order chi connectivity index (χ1) is 7.66. The van der Waals surface area contributed by atoms with Gasteiger partial charge in [-0.1, -0.05) is 6.07 Å². The van der Waals surface area contributed by atoms with Crippen molar-refractivity contribution < 1.29 is 4.39 Å². The van der Waals surface area contributed by atoms with Crippen molar-refractivity contribution in [2.24, 2.45) is 10.2 Å². The van der Waals surface area contributed by atoms with Crippen LogP contribution in [0.1, 0.15) is 0 Å². The standard InChI is InChI=1S/C9H9FN6/c10-5-2-1-3-6(4-5)13-14-7-8(11)15-16-9(7)12/h1-4H,(H5,11,12,15,16). The minimum absolute atomic E-state index is 0.151. The number of halogens is 1. The molecule has 1 heterocycles. The van der Waals surface area contributed by atoms with Gasteiger partial charge in [0.1, 0.15) is 11.6 Å². The average Bonchev–Trinajstić information content (AvgIpc) is 2.56. The van der Waals surface area contributed by atoms with Gasteiger partial charge in [0.05, 0.1) is 5.69 Å². The third kappa shape index (κ3) is 1.97. The number of nitrogen functional groups attached to an aromatic ring is 2. The predicted octanol–water partition coefficient (Wildman–Crippen LogP) is 2.13. The molecule has 0 atom stereocenters. The van der Waals surface area contributed by atoms with Crippen molar-refractivity contribution >= 4 is 23.0 Å². The number of aromatic amines is 1. The van der Waals surface area contributed by atoms with Crippen LogP contribution in [0, 0.1) is 5.82 Å². The summed E-state index contributed by atoms with van der Waals surface area (Å²) < 4.78 is 12.8. The molecule has 0 aliphatic rings. The Hall–Kier alpha value is -2.44. The number of azo groups is 1. The molecule has 0 unspecified atom stereocenters. The number of aromatic nitrogens is 2. The van der Waals surface area contributed by atoms with Crippen LogP contribution in [0.25, 0.3) is 0 Å². The quantitative estimate of drug-likeness (QED) is 0.675. The van der Waals surface area contributed by atoms with Crippen LogP contribution in [-0.2, 0) is 0 Å². The van der Waals surface area contributed by atoms with Gasteiger partial charge in [-0.15, -0.1) is 5.11 Å². The molecular formula is C9H9FN6. The summed E-state index contributed by atoms with van der Waals surface area (Å²) in [4.78, 5) is 0. The number of hydrogen-bond donors (Lipinski definition) is 3. The zero-order valence-corrected chi connectivity index (χ0v) is 8.18. The Balaban J connectivity index is 2.28. The van der Waals surface area contributed by atoms with E-state index in [1.165, 1.54) is 18.2 Å². The number of anilines is 2. The maximum Gasteiger partial charge on any atom is 0.175 e. The maximum atomic E-state index is 12.8. The van der Waals surface area contributed by atoms with Gasteiger partial charge in [-0.2, -0.15) is 10.2 Å². The summed E-state index contributed by atoms with van der Waals surface area (Å²) >= 11 is 0. The molecule has 0 aliphatic heterocycles. The molecule has 0 fully saturated rings. The molecule has 0 amide bonds. The highest BCUT2D eigenvalue weighted by molar-refractivity contribution is 5.70. The molecule has 5 N–H and O–H groups in total. The summed E-state index contributed by atoms with van der Waals surface area (Å²) in [7, 11) is 0. The van der Waals surface area contributed by atoms with E-state index in [0.29, 0.717) is 5.69 Å². The van der Waals surface area contributed by atoms with E-state index in [2.05, 4.69) is 20.4 Å². The minimum Gasteiger partial charge on any atom is -0.382 e. The van der Waals surface area contributed by atoms with E-state index in [1.807, 2.05) is 0 Å². The Bertz CT molecular complexity index is 513. The summed E-state index contributed by atoms with van der Waals surface area (Å²) in [6.45, 7) is 0. The SMILES string of the molecule is Nc1n[nH]c(N)c1N=Nc1cccc(F)c1. The smallest absolute Gasteiger partial charge is 0.175 e. The molecule has 16 heavy (non-hydrogen) atoms. The van der Waals surface area contributed by atoms with Crippen LogP contribution >= 0.6 is 0 Å². The lowest BCUT2D eigenvalue weighted by Crippen LogP contribution is -1.84. The van der Waals surface area contributed by atoms with Gasteiger partial charge in [-0.3, -0.25) is 5.10 Å². The molecule has 0 saturated heterocycles. The van der Waals surface area contributed by atoms with Gasteiger partial charge in [0, 0.05) is 6.07 Å². The fraction of sp³-hybridized carbons (Fsp3) is 0. The van der Waals surface area contributed by atoms with Crippen molar-refractivity contribution in [3.63, 3.8) is 0 Å². The van der Waals surface area contributed by atoms with Crippen LogP contribution in [0.2, 0.25) is 0 Å². The second-order valence-electron chi connectivity index (χ2n) is 3.05. The molecule has 2 aromatic rings. The van der Waals surface area contributed by atoms with E-state index in [1.54, 1.807) is 6.07 Å². The Kier molecular flexibility index (Phi) is 2.50. The van der Waals surface area contributed by atoms with Crippen molar-refractivity contribution in [1.82, 2.24) is 10.2 Å². The van der Waals surface area contributed by atoms with Gasteiger partial charge in [0.25, 0.3) is 0 Å². The lowest BCUT2D eigenvalue weighted by molar-refractivity contribution is 0.628. The Labute approximate surface area is 90.2 Å². The highest BCUT2D eigenvalue weighted by atomic mass is 19.1. The van der Waals surface area contributed by atoms with Crippen LogP contribution in [0.5, 0.6) is 0 Å². The molecule has 2 rings (SSSR count). The first-order valence-corrected chi connectivity index (χ1v) is 4.43. The van der Waals surface area contributed by atoms with E-state index in [4.69, 9.17) is 11.5 Å².